The molecule has 0 radical (unpaired) electrons. The van der Waals surface area contributed by atoms with Gasteiger partial charge in [-0.25, -0.2) is 4.79 Å². The van der Waals surface area contributed by atoms with Crippen LogP contribution in [0.15, 0.2) is 12.4 Å². The molecule has 2 heterocycles. The lowest BCUT2D eigenvalue weighted by Crippen LogP contribution is -2.28. The average molecular weight is 415 g/mol. The van der Waals surface area contributed by atoms with Gasteiger partial charge < -0.3 is 10.1 Å². The highest BCUT2D eigenvalue weighted by Crippen LogP contribution is 2.45. The first-order valence-electron chi connectivity index (χ1n) is 9.75. The van der Waals surface area contributed by atoms with Crippen molar-refractivity contribution in [2.45, 2.75) is 46.5 Å². The van der Waals surface area contributed by atoms with E-state index in [2.05, 4.69) is 37.3 Å². The first-order chi connectivity index (χ1) is 13.7. The second kappa shape index (κ2) is 8.37. The molecule has 7 nitrogen and oxygen atoms in total. The fourth-order valence-corrected chi connectivity index (χ4v) is 4.95. The molecule has 29 heavy (non-hydrogen) atoms. The monoisotopic (exact) mass is 414 g/mol. The van der Waals surface area contributed by atoms with E-state index in [0.29, 0.717) is 16.5 Å². The fourth-order valence-electron chi connectivity index (χ4n) is 3.65. The molecule has 8 heteroatoms. The number of amides is 1. The molecule has 0 aliphatic heterocycles. The summed E-state index contributed by atoms with van der Waals surface area (Å²) in [5, 5.41) is 16.8. The van der Waals surface area contributed by atoms with Gasteiger partial charge in [0, 0.05) is 18.1 Å². The van der Waals surface area contributed by atoms with E-state index in [-0.39, 0.29) is 11.0 Å². The van der Waals surface area contributed by atoms with Crippen molar-refractivity contribution in [3.8, 4) is 6.07 Å². The van der Waals surface area contributed by atoms with Gasteiger partial charge >= 0.3 is 5.97 Å². The van der Waals surface area contributed by atoms with Crippen LogP contribution in [-0.4, -0.2) is 28.3 Å². The lowest BCUT2D eigenvalue weighted by atomic mass is 9.69. The number of rotatable bonds is 6. The van der Waals surface area contributed by atoms with Crippen molar-refractivity contribution < 1.29 is 14.3 Å². The van der Waals surface area contributed by atoms with Gasteiger partial charge in [0.2, 0.25) is 0 Å². The Balaban J connectivity index is 1.66. The van der Waals surface area contributed by atoms with Gasteiger partial charge in [-0.15, -0.1) is 11.3 Å². The summed E-state index contributed by atoms with van der Waals surface area (Å²) in [6.07, 6.45) is 6.85. The lowest BCUT2D eigenvalue weighted by Gasteiger charge is -2.36. The number of hydrogen-bond acceptors (Lipinski definition) is 6. The Kier molecular flexibility index (Phi) is 6.08. The third-order valence-corrected chi connectivity index (χ3v) is 7.09. The topological polar surface area (TPSA) is 97.0 Å². The summed E-state index contributed by atoms with van der Waals surface area (Å²) in [7, 11) is 1.69. The van der Waals surface area contributed by atoms with E-state index < -0.39 is 18.5 Å². The van der Waals surface area contributed by atoms with Crippen molar-refractivity contribution >= 4 is 28.2 Å². The highest BCUT2D eigenvalue weighted by atomic mass is 32.1. The molecule has 154 valence electrons. The summed E-state index contributed by atoms with van der Waals surface area (Å²) >= 11 is 1.47. The van der Waals surface area contributed by atoms with Gasteiger partial charge in [0.1, 0.15) is 11.1 Å². The molecule has 0 spiro atoms. The van der Waals surface area contributed by atoms with Gasteiger partial charge in [-0.3, -0.25) is 9.48 Å². The van der Waals surface area contributed by atoms with Crippen LogP contribution in [0.25, 0.3) is 0 Å². The SMILES string of the molecule is CCC(C)(C)C1CCc2c(sc(NC(=O)COC(=O)c3cnn(C)c3)c2C#N)C1. The second-order valence-electron chi connectivity index (χ2n) is 8.13. The molecule has 1 aliphatic carbocycles. The Bertz CT molecular complexity index is 967. The summed E-state index contributed by atoms with van der Waals surface area (Å²) in [4.78, 5) is 25.4. The van der Waals surface area contributed by atoms with Gasteiger partial charge in [-0.1, -0.05) is 27.2 Å². The summed E-state index contributed by atoms with van der Waals surface area (Å²) in [5.41, 5.74) is 2.14. The number of ether oxygens (including phenoxy) is 1. The van der Waals surface area contributed by atoms with Crippen LogP contribution in [-0.2, 0) is 29.4 Å². The maximum Gasteiger partial charge on any atom is 0.341 e. The van der Waals surface area contributed by atoms with Gasteiger partial charge in [0.05, 0.1) is 17.3 Å². The van der Waals surface area contributed by atoms with Crippen molar-refractivity contribution in [1.29, 1.82) is 5.26 Å². The number of carbonyl (C=O) groups is 2. The highest BCUT2D eigenvalue weighted by Gasteiger charge is 2.34. The Morgan fingerprint density at radius 2 is 2.24 bits per heavy atom. The van der Waals surface area contributed by atoms with E-state index in [0.717, 1.165) is 31.2 Å². The summed E-state index contributed by atoms with van der Waals surface area (Å²) < 4.78 is 6.53. The van der Waals surface area contributed by atoms with Gasteiger partial charge in [0.15, 0.2) is 6.61 Å². The van der Waals surface area contributed by atoms with Crippen LogP contribution in [0.4, 0.5) is 5.00 Å². The minimum atomic E-state index is -0.608. The van der Waals surface area contributed by atoms with Crippen molar-refractivity contribution in [2.75, 3.05) is 11.9 Å². The molecule has 1 N–H and O–H groups in total. The predicted molar refractivity (Wildman–Crippen MR) is 111 cm³/mol. The Labute approximate surface area is 174 Å². The van der Waals surface area contributed by atoms with E-state index in [1.807, 2.05) is 0 Å². The van der Waals surface area contributed by atoms with Crippen LogP contribution in [0.3, 0.4) is 0 Å². The number of thiophene rings is 1. The molecule has 0 fully saturated rings. The molecular weight excluding hydrogens is 388 g/mol. The molecule has 0 bridgehead atoms. The second-order valence-corrected chi connectivity index (χ2v) is 9.23. The maximum atomic E-state index is 12.3. The standard InChI is InChI=1S/C21H26N4O3S/c1-5-21(2,3)14-6-7-15-16(9-22)19(29-17(15)8-14)24-18(26)12-28-20(27)13-10-23-25(4)11-13/h10-11,14H,5-8,12H2,1-4H3,(H,24,26). The Hall–Kier alpha value is -2.66. The normalized spacial score (nSPS) is 16.0. The number of hydrogen-bond donors (Lipinski definition) is 1. The zero-order chi connectivity index (χ0) is 21.2. The van der Waals surface area contributed by atoms with E-state index in [4.69, 9.17) is 4.74 Å². The Morgan fingerprint density at radius 1 is 1.48 bits per heavy atom. The minimum absolute atomic E-state index is 0.248. The largest absolute Gasteiger partial charge is 0.452 e. The molecule has 2 aromatic rings. The maximum absolute atomic E-state index is 12.3. The fraction of sp³-hybridized carbons (Fsp3) is 0.524. The quantitative estimate of drug-likeness (QED) is 0.727. The molecular formula is C21H26N4O3S. The van der Waals surface area contributed by atoms with Crippen LogP contribution >= 0.6 is 11.3 Å². The lowest BCUT2D eigenvalue weighted by molar-refractivity contribution is -0.119. The van der Waals surface area contributed by atoms with Crippen LogP contribution in [0.1, 0.15) is 60.0 Å². The average Bonchev–Trinajstić information content (AvgIpc) is 3.28. The number of nitrogens with zero attached hydrogens (tertiary/aromatic N) is 3. The van der Waals surface area contributed by atoms with Crippen molar-refractivity contribution in [1.82, 2.24) is 9.78 Å². The van der Waals surface area contributed by atoms with Crippen LogP contribution < -0.4 is 5.32 Å². The molecule has 1 unspecified atom stereocenters. The molecule has 0 saturated carbocycles. The third kappa shape index (κ3) is 4.51. The summed E-state index contributed by atoms with van der Waals surface area (Å²) in [6, 6.07) is 2.25. The van der Waals surface area contributed by atoms with Crippen molar-refractivity contribution in [2.24, 2.45) is 18.4 Å². The van der Waals surface area contributed by atoms with Crippen LogP contribution in [0.5, 0.6) is 0 Å². The molecule has 3 rings (SSSR count). The number of esters is 1. The smallest absolute Gasteiger partial charge is 0.341 e. The van der Waals surface area contributed by atoms with Crippen LogP contribution in [0, 0.1) is 22.7 Å². The molecule has 0 saturated heterocycles. The first kappa shape index (κ1) is 21.1. The van der Waals surface area contributed by atoms with E-state index >= 15 is 0 Å². The number of aryl methyl sites for hydroxylation is 1. The summed E-state index contributed by atoms with van der Waals surface area (Å²) in [5.74, 6) is -0.499. The third-order valence-electron chi connectivity index (χ3n) is 5.92. The molecule has 1 amide bonds. The molecule has 1 aliphatic rings. The van der Waals surface area contributed by atoms with Gasteiger partial charge in [0.25, 0.3) is 5.91 Å². The van der Waals surface area contributed by atoms with Gasteiger partial charge in [-0.05, 0) is 36.2 Å². The molecule has 0 aromatic carbocycles. The summed E-state index contributed by atoms with van der Waals surface area (Å²) in [6.45, 7) is 6.39. The zero-order valence-corrected chi connectivity index (χ0v) is 18.1. The molecule has 2 aromatic heterocycles. The Morgan fingerprint density at radius 3 is 2.86 bits per heavy atom. The number of fused-ring (bicyclic) bond motifs is 1. The van der Waals surface area contributed by atoms with E-state index in [1.165, 1.54) is 33.3 Å². The highest BCUT2D eigenvalue weighted by molar-refractivity contribution is 7.16. The predicted octanol–water partition coefficient (Wildman–Crippen LogP) is 3.69. The first-order valence-corrected chi connectivity index (χ1v) is 10.6. The number of aromatic nitrogens is 2. The zero-order valence-electron chi connectivity index (χ0n) is 17.2. The number of anilines is 1. The van der Waals surface area contributed by atoms with Crippen LogP contribution in [0.2, 0.25) is 0 Å². The van der Waals surface area contributed by atoms with E-state index in [9.17, 15) is 14.9 Å². The minimum Gasteiger partial charge on any atom is -0.452 e. The number of nitriles is 1. The van der Waals surface area contributed by atoms with Gasteiger partial charge in [-0.2, -0.15) is 10.4 Å². The number of carbonyl (C=O) groups excluding carboxylic acids is 2. The number of nitrogens with one attached hydrogen (secondary N) is 1. The van der Waals surface area contributed by atoms with Crippen molar-refractivity contribution in [3.05, 3.63) is 34.0 Å². The van der Waals surface area contributed by atoms with E-state index in [1.54, 1.807) is 7.05 Å². The molecule has 1 atom stereocenters. The van der Waals surface area contributed by atoms with Crippen molar-refractivity contribution in [3.63, 3.8) is 0 Å².